The minimum Gasteiger partial charge on any atom is -0.326 e. The van der Waals surface area contributed by atoms with Gasteiger partial charge in [-0.15, -0.1) is 0 Å². The van der Waals surface area contributed by atoms with Crippen LogP contribution in [0.15, 0.2) is 16.9 Å². The number of pyridine rings is 1. The average molecular weight is 216 g/mol. The van der Waals surface area contributed by atoms with Gasteiger partial charge in [0.15, 0.2) is 0 Å². The van der Waals surface area contributed by atoms with Crippen molar-refractivity contribution in [3.63, 3.8) is 0 Å². The summed E-state index contributed by atoms with van der Waals surface area (Å²) in [5.41, 5.74) is 10.4. The first-order chi connectivity index (χ1) is 7.54. The molecule has 0 aliphatic carbocycles. The van der Waals surface area contributed by atoms with E-state index in [-0.39, 0.29) is 12.1 Å². The van der Waals surface area contributed by atoms with Crippen molar-refractivity contribution in [1.82, 2.24) is 4.98 Å². The van der Waals surface area contributed by atoms with Crippen molar-refractivity contribution in [3.05, 3.63) is 44.7 Å². The fraction of sp³-hybridized carbons (Fsp3) is 0.308. The summed E-state index contributed by atoms with van der Waals surface area (Å²) in [6.45, 7) is 6.32. The minimum absolute atomic E-state index is 0.0718. The summed E-state index contributed by atoms with van der Waals surface area (Å²) in [5, 5.41) is 1.12. The zero-order chi connectivity index (χ0) is 11.9. The first kappa shape index (κ1) is 10.9. The van der Waals surface area contributed by atoms with E-state index in [1.807, 2.05) is 19.9 Å². The molecule has 3 nitrogen and oxygen atoms in total. The minimum atomic E-state index is -0.0718. The van der Waals surface area contributed by atoms with Crippen molar-refractivity contribution in [2.24, 2.45) is 5.73 Å². The van der Waals surface area contributed by atoms with Gasteiger partial charge in [-0.25, -0.2) is 0 Å². The number of aromatic amines is 1. The molecule has 2 rings (SSSR count). The average Bonchev–Trinajstić information content (AvgIpc) is 2.15. The molecule has 0 aliphatic heterocycles. The van der Waals surface area contributed by atoms with Crippen LogP contribution in [0, 0.1) is 20.8 Å². The molecule has 3 heteroatoms. The van der Waals surface area contributed by atoms with Gasteiger partial charge in [0.1, 0.15) is 0 Å². The Labute approximate surface area is 94.3 Å². The predicted molar refractivity (Wildman–Crippen MR) is 66.7 cm³/mol. The summed E-state index contributed by atoms with van der Waals surface area (Å²) in [6, 6.07) is 4.12. The topological polar surface area (TPSA) is 58.9 Å². The molecule has 0 bridgehead atoms. The Morgan fingerprint density at radius 1 is 1.25 bits per heavy atom. The van der Waals surface area contributed by atoms with Crippen molar-refractivity contribution >= 4 is 10.9 Å². The molecular weight excluding hydrogens is 200 g/mol. The second-order valence-corrected chi connectivity index (χ2v) is 4.27. The van der Waals surface area contributed by atoms with Crippen LogP contribution in [0.5, 0.6) is 0 Å². The van der Waals surface area contributed by atoms with Crippen molar-refractivity contribution in [2.75, 3.05) is 0 Å². The van der Waals surface area contributed by atoms with Gasteiger partial charge in [0.25, 0.3) is 5.56 Å². The molecule has 2 aromatic rings. The van der Waals surface area contributed by atoms with Crippen LogP contribution in [0.2, 0.25) is 0 Å². The standard InChI is InChI=1S/C13H16N2O/c1-7-4-8(2)12-9(3)10(6-14)13(16)15-11(12)5-7/h4-5H,6,14H2,1-3H3,(H,15,16). The van der Waals surface area contributed by atoms with E-state index >= 15 is 0 Å². The van der Waals surface area contributed by atoms with Gasteiger partial charge in [0, 0.05) is 23.0 Å². The number of hydrogen-bond donors (Lipinski definition) is 2. The van der Waals surface area contributed by atoms with E-state index in [4.69, 9.17) is 5.73 Å². The second kappa shape index (κ2) is 3.76. The molecule has 0 atom stereocenters. The Bertz CT molecular complexity index is 611. The molecule has 0 saturated carbocycles. The van der Waals surface area contributed by atoms with E-state index in [0.717, 1.165) is 22.0 Å². The molecule has 0 amide bonds. The Kier molecular flexibility index (Phi) is 2.56. The Balaban J connectivity index is 2.99. The van der Waals surface area contributed by atoms with Crippen LogP contribution < -0.4 is 11.3 Å². The van der Waals surface area contributed by atoms with Crippen LogP contribution in [0.1, 0.15) is 22.3 Å². The van der Waals surface area contributed by atoms with Crippen LogP contribution in [-0.4, -0.2) is 4.98 Å². The summed E-state index contributed by atoms with van der Waals surface area (Å²) in [7, 11) is 0. The molecule has 1 aromatic heterocycles. The van der Waals surface area contributed by atoms with Gasteiger partial charge in [0.2, 0.25) is 0 Å². The molecule has 0 aliphatic rings. The lowest BCUT2D eigenvalue weighted by Crippen LogP contribution is -2.18. The van der Waals surface area contributed by atoms with Gasteiger partial charge in [-0.05, 0) is 43.5 Å². The van der Waals surface area contributed by atoms with Crippen molar-refractivity contribution in [2.45, 2.75) is 27.3 Å². The highest BCUT2D eigenvalue weighted by atomic mass is 16.1. The Hall–Kier alpha value is -1.61. The van der Waals surface area contributed by atoms with Gasteiger partial charge in [-0.1, -0.05) is 6.07 Å². The number of hydrogen-bond acceptors (Lipinski definition) is 2. The van der Waals surface area contributed by atoms with Gasteiger partial charge in [-0.2, -0.15) is 0 Å². The van der Waals surface area contributed by atoms with Crippen LogP contribution in [0.4, 0.5) is 0 Å². The van der Waals surface area contributed by atoms with Crippen LogP contribution in [0.3, 0.4) is 0 Å². The molecule has 0 saturated heterocycles. The smallest absolute Gasteiger partial charge is 0.253 e. The third kappa shape index (κ3) is 1.53. The SMILES string of the molecule is Cc1cc(C)c2c(C)c(CN)c(=O)[nH]c2c1. The number of rotatable bonds is 1. The van der Waals surface area contributed by atoms with E-state index in [2.05, 4.69) is 18.0 Å². The Morgan fingerprint density at radius 3 is 2.56 bits per heavy atom. The highest BCUT2D eigenvalue weighted by Gasteiger charge is 2.09. The molecule has 0 radical (unpaired) electrons. The highest BCUT2D eigenvalue weighted by molar-refractivity contribution is 5.86. The van der Waals surface area contributed by atoms with Crippen LogP contribution >= 0.6 is 0 Å². The lowest BCUT2D eigenvalue weighted by molar-refractivity contribution is 1.01. The molecule has 0 spiro atoms. The quantitative estimate of drug-likeness (QED) is 0.765. The number of H-pyrrole nitrogens is 1. The molecule has 1 aromatic carbocycles. The first-order valence-electron chi connectivity index (χ1n) is 5.37. The molecule has 0 fully saturated rings. The molecule has 84 valence electrons. The fourth-order valence-electron chi connectivity index (χ4n) is 2.33. The molecule has 1 heterocycles. The molecule has 16 heavy (non-hydrogen) atoms. The number of aryl methyl sites for hydroxylation is 3. The lowest BCUT2D eigenvalue weighted by atomic mass is 9.99. The summed E-state index contributed by atoms with van der Waals surface area (Å²) in [6.07, 6.45) is 0. The fourth-order valence-corrected chi connectivity index (χ4v) is 2.33. The second-order valence-electron chi connectivity index (χ2n) is 4.27. The normalized spacial score (nSPS) is 11.0. The van der Waals surface area contributed by atoms with E-state index in [1.54, 1.807) is 0 Å². The van der Waals surface area contributed by atoms with E-state index in [0.29, 0.717) is 5.56 Å². The van der Waals surface area contributed by atoms with Gasteiger partial charge >= 0.3 is 0 Å². The highest BCUT2D eigenvalue weighted by Crippen LogP contribution is 2.22. The number of nitrogens with two attached hydrogens (primary N) is 1. The molecule has 0 unspecified atom stereocenters. The summed E-state index contributed by atoms with van der Waals surface area (Å²) >= 11 is 0. The maximum Gasteiger partial charge on any atom is 0.253 e. The zero-order valence-electron chi connectivity index (χ0n) is 9.85. The van der Waals surface area contributed by atoms with Crippen LogP contribution in [-0.2, 0) is 6.54 Å². The maximum atomic E-state index is 11.8. The monoisotopic (exact) mass is 216 g/mol. The van der Waals surface area contributed by atoms with Gasteiger partial charge in [-0.3, -0.25) is 4.79 Å². The number of aromatic nitrogens is 1. The Morgan fingerprint density at radius 2 is 1.94 bits per heavy atom. The third-order valence-corrected chi connectivity index (χ3v) is 3.03. The molecular formula is C13H16N2O. The van der Waals surface area contributed by atoms with E-state index in [1.165, 1.54) is 5.56 Å². The zero-order valence-corrected chi connectivity index (χ0v) is 9.85. The van der Waals surface area contributed by atoms with E-state index < -0.39 is 0 Å². The van der Waals surface area contributed by atoms with Crippen molar-refractivity contribution in [1.29, 1.82) is 0 Å². The molecule has 3 N–H and O–H groups in total. The van der Waals surface area contributed by atoms with Crippen molar-refractivity contribution in [3.8, 4) is 0 Å². The number of benzene rings is 1. The summed E-state index contributed by atoms with van der Waals surface area (Å²) in [5.74, 6) is 0. The summed E-state index contributed by atoms with van der Waals surface area (Å²) in [4.78, 5) is 14.7. The third-order valence-electron chi connectivity index (χ3n) is 3.03. The maximum absolute atomic E-state index is 11.8. The van der Waals surface area contributed by atoms with E-state index in [9.17, 15) is 4.79 Å². The van der Waals surface area contributed by atoms with Crippen LogP contribution in [0.25, 0.3) is 10.9 Å². The number of nitrogens with one attached hydrogen (secondary N) is 1. The predicted octanol–water partition coefficient (Wildman–Crippen LogP) is 1.91. The summed E-state index contributed by atoms with van der Waals surface area (Å²) < 4.78 is 0. The van der Waals surface area contributed by atoms with Gasteiger partial charge in [0.05, 0.1) is 0 Å². The van der Waals surface area contributed by atoms with Gasteiger partial charge < -0.3 is 10.7 Å². The number of fused-ring (bicyclic) bond motifs is 1. The lowest BCUT2D eigenvalue weighted by Gasteiger charge is -2.10. The first-order valence-corrected chi connectivity index (χ1v) is 5.37. The van der Waals surface area contributed by atoms with Crippen molar-refractivity contribution < 1.29 is 0 Å². The largest absolute Gasteiger partial charge is 0.326 e.